The lowest BCUT2D eigenvalue weighted by atomic mass is 10.1. The number of para-hydroxylation sites is 1. The van der Waals surface area contributed by atoms with Crippen LogP contribution < -0.4 is 20.7 Å². The summed E-state index contributed by atoms with van der Waals surface area (Å²) in [7, 11) is 0. The first kappa shape index (κ1) is 21.7. The van der Waals surface area contributed by atoms with Gasteiger partial charge in [0.05, 0.1) is 18.3 Å². The number of nitrogens with one attached hydrogen (secondary N) is 3. The van der Waals surface area contributed by atoms with Crippen molar-refractivity contribution in [1.82, 2.24) is 10.6 Å². The van der Waals surface area contributed by atoms with E-state index < -0.39 is 0 Å². The maximum atomic E-state index is 12.5. The summed E-state index contributed by atoms with van der Waals surface area (Å²) in [5.41, 5.74) is 1.49. The summed E-state index contributed by atoms with van der Waals surface area (Å²) in [4.78, 5) is 24.9. The van der Waals surface area contributed by atoms with E-state index in [1.165, 1.54) is 0 Å². The Morgan fingerprint density at radius 2 is 2.00 bits per heavy atom. The normalized spacial score (nSPS) is 15.3. The third-order valence-corrected chi connectivity index (χ3v) is 4.76. The highest BCUT2D eigenvalue weighted by Crippen LogP contribution is 2.18. The molecule has 1 aliphatic rings. The van der Waals surface area contributed by atoms with E-state index in [0.717, 1.165) is 19.4 Å². The number of ether oxygens (including phenoxy) is 2. The number of amides is 2. The van der Waals surface area contributed by atoms with E-state index in [-0.39, 0.29) is 23.0 Å². The van der Waals surface area contributed by atoms with E-state index >= 15 is 0 Å². The van der Waals surface area contributed by atoms with Crippen molar-refractivity contribution >= 4 is 34.8 Å². The molecule has 1 unspecified atom stereocenters. The molecule has 30 heavy (non-hydrogen) atoms. The fourth-order valence-electron chi connectivity index (χ4n) is 3.12. The van der Waals surface area contributed by atoms with Crippen molar-refractivity contribution in [2.24, 2.45) is 0 Å². The molecule has 3 N–H and O–H groups in total. The molecular weight excluding hydrogens is 402 g/mol. The lowest BCUT2D eigenvalue weighted by Gasteiger charge is -2.13. The SMILES string of the molecule is CCOc1ccccc1C(=O)NC(=S)Nc1cccc(C(=O)NCC2CCCO2)c1. The Kier molecular flexibility index (Phi) is 7.75. The predicted octanol–water partition coefficient (Wildman–Crippen LogP) is 3.12. The van der Waals surface area contributed by atoms with Crippen LogP contribution in [0.4, 0.5) is 5.69 Å². The Bertz CT molecular complexity index is 913. The van der Waals surface area contributed by atoms with Crippen LogP contribution in [0.15, 0.2) is 48.5 Å². The molecule has 1 aliphatic heterocycles. The number of hydrogen-bond acceptors (Lipinski definition) is 5. The Labute approximate surface area is 181 Å². The monoisotopic (exact) mass is 427 g/mol. The highest BCUT2D eigenvalue weighted by Gasteiger charge is 2.17. The molecule has 1 fully saturated rings. The first-order chi connectivity index (χ1) is 14.6. The fourth-order valence-corrected chi connectivity index (χ4v) is 3.33. The standard InChI is InChI=1S/C22H25N3O4S/c1-2-28-19-11-4-3-10-18(19)21(27)25-22(30)24-16-8-5-7-15(13-16)20(26)23-14-17-9-6-12-29-17/h3-5,7-8,10-11,13,17H,2,6,9,12,14H2,1H3,(H,23,26)(H2,24,25,27,30). The third-order valence-electron chi connectivity index (χ3n) is 4.56. The summed E-state index contributed by atoms with van der Waals surface area (Å²) in [5, 5.41) is 8.59. The quantitative estimate of drug-likeness (QED) is 0.589. The molecule has 3 rings (SSSR count). The molecule has 0 radical (unpaired) electrons. The molecular formula is C22H25N3O4S. The van der Waals surface area contributed by atoms with E-state index in [0.29, 0.717) is 35.7 Å². The maximum Gasteiger partial charge on any atom is 0.261 e. The van der Waals surface area contributed by atoms with E-state index in [1.54, 1.807) is 48.5 Å². The van der Waals surface area contributed by atoms with Gasteiger partial charge in [0.15, 0.2) is 5.11 Å². The molecule has 1 heterocycles. The van der Waals surface area contributed by atoms with Gasteiger partial charge in [0, 0.05) is 24.4 Å². The fraction of sp³-hybridized carbons (Fsp3) is 0.318. The Hall–Kier alpha value is -2.97. The van der Waals surface area contributed by atoms with Crippen LogP contribution in [0.3, 0.4) is 0 Å². The van der Waals surface area contributed by atoms with Gasteiger partial charge >= 0.3 is 0 Å². The van der Waals surface area contributed by atoms with Gasteiger partial charge in [-0.15, -0.1) is 0 Å². The third kappa shape index (κ3) is 6.01. The molecule has 158 valence electrons. The van der Waals surface area contributed by atoms with Gasteiger partial charge in [-0.1, -0.05) is 18.2 Å². The van der Waals surface area contributed by atoms with E-state index in [9.17, 15) is 9.59 Å². The molecule has 8 heteroatoms. The van der Waals surface area contributed by atoms with Crippen LogP contribution in [0.5, 0.6) is 5.75 Å². The zero-order valence-corrected chi connectivity index (χ0v) is 17.6. The summed E-state index contributed by atoms with van der Waals surface area (Å²) in [6, 6.07) is 13.9. The molecule has 1 saturated heterocycles. The topological polar surface area (TPSA) is 88.7 Å². The number of rotatable bonds is 7. The van der Waals surface area contributed by atoms with Crippen LogP contribution in [-0.4, -0.2) is 42.8 Å². The maximum absolute atomic E-state index is 12.5. The van der Waals surface area contributed by atoms with Crippen molar-refractivity contribution in [2.75, 3.05) is 25.1 Å². The molecule has 2 amide bonds. The summed E-state index contributed by atoms with van der Waals surface area (Å²) in [5.74, 6) is -0.0676. The molecule has 2 aromatic carbocycles. The molecule has 0 bridgehead atoms. The number of benzene rings is 2. The molecule has 7 nitrogen and oxygen atoms in total. The number of thiocarbonyl (C=S) groups is 1. The van der Waals surface area contributed by atoms with Crippen LogP contribution in [0, 0.1) is 0 Å². The van der Waals surface area contributed by atoms with Crippen LogP contribution in [-0.2, 0) is 4.74 Å². The molecule has 0 saturated carbocycles. The number of carbonyl (C=O) groups excluding carboxylic acids is 2. The Morgan fingerprint density at radius 1 is 1.17 bits per heavy atom. The van der Waals surface area contributed by atoms with Crippen molar-refractivity contribution in [3.8, 4) is 5.75 Å². The van der Waals surface area contributed by atoms with Crippen molar-refractivity contribution in [3.63, 3.8) is 0 Å². The Balaban J connectivity index is 1.57. The highest BCUT2D eigenvalue weighted by atomic mass is 32.1. The zero-order valence-electron chi connectivity index (χ0n) is 16.8. The van der Waals surface area contributed by atoms with Crippen LogP contribution in [0.2, 0.25) is 0 Å². The number of hydrogen-bond donors (Lipinski definition) is 3. The summed E-state index contributed by atoms with van der Waals surface area (Å²) < 4.78 is 11.0. The van der Waals surface area contributed by atoms with Crippen LogP contribution >= 0.6 is 12.2 Å². The molecule has 2 aromatic rings. The van der Waals surface area contributed by atoms with Gasteiger partial charge in [0.2, 0.25) is 0 Å². The van der Waals surface area contributed by atoms with Gasteiger partial charge in [-0.05, 0) is 62.3 Å². The largest absolute Gasteiger partial charge is 0.493 e. The summed E-state index contributed by atoms with van der Waals surface area (Å²) in [6.45, 7) is 3.54. The second-order valence-electron chi connectivity index (χ2n) is 6.76. The van der Waals surface area contributed by atoms with Crippen LogP contribution in [0.25, 0.3) is 0 Å². The smallest absolute Gasteiger partial charge is 0.261 e. The predicted molar refractivity (Wildman–Crippen MR) is 119 cm³/mol. The minimum atomic E-state index is -0.373. The van der Waals surface area contributed by atoms with Gasteiger partial charge in [0.25, 0.3) is 11.8 Å². The summed E-state index contributed by atoms with van der Waals surface area (Å²) in [6.07, 6.45) is 2.07. The average molecular weight is 428 g/mol. The summed E-state index contributed by atoms with van der Waals surface area (Å²) >= 11 is 5.25. The van der Waals surface area contributed by atoms with Gasteiger partial charge in [-0.3, -0.25) is 14.9 Å². The van der Waals surface area contributed by atoms with Gasteiger partial charge in [-0.2, -0.15) is 0 Å². The number of anilines is 1. The van der Waals surface area contributed by atoms with Crippen molar-refractivity contribution in [3.05, 3.63) is 59.7 Å². The highest BCUT2D eigenvalue weighted by molar-refractivity contribution is 7.80. The second-order valence-corrected chi connectivity index (χ2v) is 7.17. The number of carbonyl (C=O) groups is 2. The average Bonchev–Trinajstić information content (AvgIpc) is 3.26. The van der Waals surface area contributed by atoms with Crippen molar-refractivity contribution in [2.45, 2.75) is 25.9 Å². The minimum Gasteiger partial charge on any atom is -0.493 e. The van der Waals surface area contributed by atoms with E-state index in [2.05, 4.69) is 16.0 Å². The second kappa shape index (κ2) is 10.7. The minimum absolute atomic E-state index is 0.0811. The first-order valence-electron chi connectivity index (χ1n) is 9.91. The van der Waals surface area contributed by atoms with Gasteiger partial charge in [0.1, 0.15) is 5.75 Å². The molecule has 1 atom stereocenters. The zero-order chi connectivity index (χ0) is 21.3. The lowest BCUT2D eigenvalue weighted by molar-refractivity contribution is 0.0857. The van der Waals surface area contributed by atoms with Gasteiger partial charge < -0.3 is 20.1 Å². The van der Waals surface area contributed by atoms with Gasteiger partial charge in [-0.25, -0.2) is 0 Å². The molecule has 0 aromatic heterocycles. The lowest BCUT2D eigenvalue weighted by Crippen LogP contribution is -2.34. The van der Waals surface area contributed by atoms with Crippen LogP contribution in [0.1, 0.15) is 40.5 Å². The van der Waals surface area contributed by atoms with E-state index in [4.69, 9.17) is 21.7 Å². The molecule has 0 aliphatic carbocycles. The Morgan fingerprint density at radius 3 is 2.77 bits per heavy atom. The van der Waals surface area contributed by atoms with Crippen molar-refractivity contribution in [1.29, 1.82) is 0 Å². The molecule has 0 spiro atoms. The van der Waals surface area contributed by atoms with E-state index in [1.807, 2.05) is 6.92 Å². The van der Waals surface area contributed by atoms with Crippen molar-refractivity contribution < 1.29 is 19.1 Å². The first-order valence-corrected chi connectivity index (χ1v) is 10.3.